The molecule has 162 valence electrons. The van der Waals surface area contributed by atoms with E-state index in [2.05, 4.69) is 5.32 Å². The van der Waals surface area contributed by atoms with Gasteiger partial charge in [0, 0.05) is 26.3 Å². The Morgan fingerprint density at radius 2 is 1.80 bits per heavy atom. The first-order valence-corrected chi connectivity index (χ1v) is 10.5. The van der Waals surface area contributed by atoms with Gasteiger partial charge in [0.2, 0.25) is 5.91 Å². The highest BCUT2D eigenvalue weighted by atomic mass is 35.5. The van der Waals surface area contributed by atoms with Crippen LogP contribution in [0.4, 0.5) is 0 Å². The Labute approximate surface area is 183 Å². The molecule has 0 spiro atoms. The number of benzene rings is 2. The van der Waals surface area contributed by atoms with Gasteiger partial charge in [-0.3, -0.25) is 9.59 Å². The molecule has 0 saturated heterocycles. The summed E-state index contributed by atoms with van der Waals surface area (Å²) in [6.45, 7) is 5.47. The third-order valence-corrected chi connectivity index (χ3v) is 4.83. The first kappa shape index (κ1) is 23.7. The fraction of sp³-hybridized carbons (Fsp3) is 0.391. The molecular weight excluding hydrogens is 404 g/mol. The van der Waals surface area contributed by atoms with Gasteiger partial charge in [-0.2, -0.15) is 0 Å². The average Bonchev–Trinajstić information content (AvgIpc) is 2.76. The minimum Gasteiger partial charge on any atom is -0.482 e. The van der Waals surface area contributed by atoms with Crippen LogP contribution in [-0.2, 0) is 20.9 Å². The lowest BCUT2D eigenvalue weighted by molar-refractivity contribution is -0.142. The summed E-state index contributed by atoms with van der Waals surface area (Å²) in [5.74, 6) is -0.0792. The van der Waals surface area contributed by atoms with E-state index >= 15 is 0 Å². The van der Waals surface area contributed by atoms with Crippen molar-refractivity contribution in [2.45, 2.75) is 32.9 Å². The van der Waals surface area contributed by atoms with Crippen LogP contribution in [0.15, 0.2) is 54.6 Å². The highest BCUT2D eigenvalue weighted by Gasteiger charge is 2.26. The van der Waals surface area contributed by atoms with E-state index in [0.29, 0.717) is 43.5 Å². The summed E-state index contributed by atoms with van der Waals surface area (Å²) in [6.07, 6.45) is 0.717. The fourth-order valence-electron chi connectivity index (χ4n) is 2.82. The molecule has 6 nitrogen and oxygen atoms in total. The van der Waals surface area contributed by atoms with Crippen LogP contribution in [0.3, 0.4) is 0 Å². The van der Waals surface area contributed by atoms with Crippen molar-refractivity contribution < 1.29 is 19.1 Å². The van der Waals surface area contributed by atoms with Gasteiger partial charge in [0.25, 0.3) is 5.91 Å². The Hall–Kier alpha value is -2.57. The number of hydrogen-bond donors (Lipinski definition) is 1. The van der Waals surface area contributed by atoms with E-state index in [1.165, 1.54) is 4.90 Å². The van der Waals surface area contributed by atoms with Gasteiger partial charge in [0.15, 0.2) is 6.61 Å². The van der Waals surface area contributed by atoms with E-state index in [4.69, 9.17) is 21.1 Å². The van der Waals surface area contributed by atoms with E-state index < -0.39 is 6.04 Å². The molecule has 0 aromatic heterocycles. The molecule has 0 bridgehead atoms. The third-order valence-electron chi connectivity index (χ3n) is 4.52. The topological polar surface area (TPSA) is 67.9 Å². The van der Waals surface area contributed by atoms with Crippen LogP contribution >= 0.6 is 11.6 Å². The molecule has 0 saturated carbocycles. The molecule has 1 N–H and O–H groups in total. The van der Waals surface area contributed by atoms with Crippen LogP contribution in [-0.4, -0.2) is 49.1 Å². The summed E-state index contributed by atoms with van der Waals surface area (Å²) < 4.78 is 10.9. The second-order valence-corrected chi connectivity index (χ2v) is 7.15. The second kappa shape index (κ2) is 12.9. The summed E-state index contributed by atoms with van der Waals surface area (Å²) in [4.78, 5) is 27.1. The molecule has 2 aromatic carbocycles. The molecule has 0 fully saturated rings. The lowest BCUT2D eigenvalue weighted by atomic mass is 10.1. The fourth-order valence-corrected chi connectivity index (χ4v) is 3.02. The van der Waals surface area contributed by atoms with Crippen molar-refractivity contribution in [2.75, 3.05) is 26.4 Å². The third kappa shape index (κ3) is 7.69. The minimum atomic E-state index is -0.653. The molecule has 2 amide bonds. The number of carbonyl (C=O) groups is 2. The van der Waals surface area contributed by atoms with E-state index in [9.17, 15) is 9.59 Å². The van der Waals surface area contributed by atoms with Crippen LogP contribution in [0.1, 0.15) is 25.8 Å². The molecule has 2 rings (SSSR count). The monoisotopic (exact) mass is 432 g/mol. The SMILES string of the molecule is CCOCCCNC(=O)[C@H](C)N(Cc1ccccc1)C(=O)COc1ccccc1Cl. The van der Waals surface area contributed by atoms with Crippen molar-refractivity contribution in [3.8, 4) is 5.75 Å². The van der Waals surface area contributed by atoms with Crippen molar-refractivity contribution >= 4 is 23.4 Å². The maximum absolute atomic E-state index is 13.0. The van der Waals surface area contributed by atoms with E-state index in [1.54, 1.807) is 31.2 Å². The van der Waals surface area contributed by atoms with Gasteiger partial charge in [-0.1, -0.05) is 54.1 Å². The molecule has 2 aromatic rings. The van der Waals surface area contributed by atoms with Crippen molar-refractivity contribution in [3.63, 3.8) is 0 Å². The summed E-state index contributed by atoms with van der Waals surface area (Å²) >= 11 is 6.10. The predicted octanol–water partition coefficient (Wildman–Crippen LogP) is 3.68. The van der Waals surface area contributed by atoms with Gasteiger partial charge >= 0.3 is 0 Å². The lowest BCUT2D eigenvalue weighted by Gasteiger charge is -2.28. The van der Waals surface area contributed by atoms with Crippen molar-refractivity contribution in [2.24, 2.45) is 0 Å². The molecule has 7 heteroatoms. The molecule has 0 aliphatic rings. The Bertz CT molecular complexity index is 801. The number of carbonyl (C=O) groups excluding carboxylic acids is 2. The smallest absolute Gasteiger partial charge is 0.261 e. The van der Waals surface area contributed by atoms with Gasteiger partial charge in [-0.15, -0.1) is 0 Å². The number of ether oxygens (including phenoxy) is 2. The molecule has 0 heterocycles. The predicted molar refractivity (Wildman–Crippen MR) is 118 cm³/mol. The number of halogens is 1. The van der Waals surface area contributed by atoms with Gasteiger partial charge < -0.3 is 19.7 Å². The van der Waals surface area contributed by atoms with Gasteiger partial charge in [0.1, 0.15) is 11.8 Å². The Balaban J connectivity index is 2.02. The molecule has 30 heavy (non-hydrogen) atoms. The van der Waals surface area contributed by atoms with Crippen LogP contribution < -0.4 is 10.1 Å². The number of nitrogens with one attached hydrogen (secondary N) is 1. The highest BCUT2D eigenvalue weighted by Crippen LogP contribution is 2.23. The standard InChI is InChI=1S/C23H29ClN2O4/c1-3-29-15-9-14-25-23(28)18(2)26(16-19-10-5-4-6-11-19)22(27)17-30-21-13-8-7-12-20(21)24/h4-8,10-13,18H,3,9,14-17H2,1-2H3,(H,25,28)/t18-/m0/s1. The molecule has 0 radical (unpaired) electrons. The van der Waals surface area contributed by atoms with E-state index in [0.717, 1.165) is 5.56 Å². The maximum atomic E-state index is 13.0. The summed E-state index contributed by atoms with van der Waals surface area (Å²) in [7, 11) is 0. The van der Waals surface area contributed by atoms with E-state index in [-0.39, 0.29) is 18.4 Å². The number of rotatable bonds is 12. The average molecular weight is 433 g/mol. The molecule has 0 unspecified atom stereocenters. The van der Waals surface area contributed by atoms with Gasteiger partial charge in [-0.25, -0.2) is 0 Å². The molecule has 1 atom stereocenters. The van der Waals surface area contributed by atoms with Crippen LogP contribution in [0, 0.1) is 0 Å². The summed E-state index contributed by atoms with van der Waals surface area (Å²) in [5, 5.41) is 3.30. The second-order valence-electron chi connectivity index (χ2n) is 6.74. The summed E-state index contributed by atoms with van der Waals surface area (Å²) in [5.41, 5.74) is 0.930. The Morgan fingerprint density at radius 1 is 1.10 bits per heavy atom. The first-order valence-electron chi connectivity index (χ1n) is 10.1. The van der Waals surface area contributed by atoms with Crippen LogP contribution in [0.2, 0.25) is 5.02 Å². The molecular formula is C23H29ClN2O4. The molecule has 0 aliphatic heterocycles. The zero-order valence-electron chi connectivity index (χ0n) is 17.5. The van der Waals surface area contributed by atoms with Crippen molar-refractivity contribution in [3.05, 3.63) is 65.2 Å². The Kier molecular flexibility index (Phi) is 10.2. The highest BCUT2D eigenvalue weighted by molar-refractivity contribution is 6.32. The number of amides is 2. The van der Waals surface area contributed by atoms with Gasteiger partial charge in [-0.05, 0) is 38.0 Å². The largest absolute Gasteiger partial charge is 0.482 e. The Morgan fingerprint density at radius 3 is 2.50 bits per heavy atom. The lowest BCUT2D eigenvalue weighted by Crippen LogP contribution is -2.49. The van der Waals surface area contributed by atoms with Gasteiger partial charge in [0.05, 0.1) is 5.02 Å². The number of para-hydroxylation sites is 1. The number of hydrogen-bond acceptors (Lipinski definition) is 4. The quantitative estimate of drug-likeness (QED) is 0.519. The zero-order valence-corrected chi connectivity index (χ0v) is 18.2. The molecule has 0 aliphatic carbocycles. The van der Waals surface area contributed by atoms with Crippen LogP contribution in [0.25, 0.3) is 0 Å². The van der Waals surface area contributed by atoms with Crippen molar-refractivity contribution in [1.29, 1.82) is 0 Å². The van der Waals surface area contributed by atoms with Crippen molar-refractivity contribution in [1.82, 2.24) is 10.2 Å². The minimum absolute atomic E-state index is 0.210. The number of nitrogens with zero attached hydrogens (tertiary/aromatic N) is 1. The van der Waals surface area contributed by atoms with E-state index in [1.807, 2.05) is 37.3 Å². The maximum Gasteiger partial charge on any atom is 0.261 e. The summed E-state index contributed by atoms with van der Waals surface area (Å²) in [6, 6.07) is 15.9. The zero-order chi connectivity index (χ0) is 21.8. The van der Waals surface area contributed by atoms with Crippen LogP contribution in [0.5, 0.6) is 5.75 Å². The normalized spacial score (nSPS) is 11.6. The first-order chi connectivity index (χ1) is 14.5.